The number of sulfonamides is 1. The van der Waals surface area contributed by atoms with Crippen molar-refractivity contribution in [1.82, 2.24) is 9.62 Å². The van der Waals surface area contributed by atoms with Gasteiger partial charge in [-0.1, -0.05) is 30.3 Å². The Morgan fingerprint density at radius 3 is 2.19 bits per heavy atom. The second kappa shape index (κ2) is 8.66. The molecule has 1 N–H and O–H groups in total. The number of para-hydroxylation sites is 1. The molecule has 26 heavy (non-hydrogen) atoms. The maximum absolute atomic E-state index is 12.1. The van der Waals surface area contributed by atoms with Gasteiger partial charge in [-0.15, -0.1) is 0 Å². The second-order valence-corrected chi connectivity index (χ2v) is 8.89. The molecule has 0 amide bonds. The van der Waals surface area contributed by atoms with Gasteiger partial charge in [0.15, 0.2) is 0 Å². The summed E-state index contributed by atoms with van der Waals surface area (Å²) in [5.41, 5.74) is 2.13. The third kappa shape index (κ3) is 5.06. The Balaban J connectivity index is 2.06. The Kier molecular flexibility index (Phi) is 6.81. The number of hydrogen-bond acceptors (Lipinski definition) is 4. The molecule has 2 rings (SSSR count). The lowest BCUT2D eigenvalue weighted by atomic mass is 10.1. The molecule has 0 aliphatic heterocycles. The molecule has 5 nitrogen and oxygen atoms in total. The fourth-order valence-electron chi connectivity index (χ4n) is 2.54. The second-order valence-electron chi connectivity index (χ2n) is 6.73. The molecule has 0 radical (unpaired) electrons. The summed E-state index contributed by atoms with van der Waals surface area (Å²) < 4.78 is 31.4. The lowest BCUT2D eigenvalue weighted by Crippen LogP contribution is -2.22. The van der Waals surface area contributed by atoms with E-state index in [1.807, 2.05) is 50.2 Å². The lowest BCUT2D eigenvalue weighted by molar-refractivity contribution is 0.239. The highest BCUT2D eigenvalue weighted by molar-refractivity contribution is 7.89. The molecule has 0 aliphatic carbocycles. The minimum Gasteiger partial charge on any atom is -0.491 e. The van der Waals surface area contributed by atoms with E-state index in [2.05, 4.69) is 12.2 Å². The number of rotatable bonds is 8. The highest BCUT2D eigenvalue weighted by atomic mass is 32.2. The van der Waals surface area contributed by atoms with Crippen LogP contribution >= 0.6 is 0 Å². The van der Waals surface area contributed by atoms with Crippen LogP contribution in [0.15, 0.2) is 53.4 Å². The van der Waals surface area contributed by atoms with Crippen LogP contribution < -0.4 is 10.1 Å². The minimum atomic E-state index is -3.40. The molecule has 0 bridgehead atoms. The van der Waals surface area contributed by atoms with Gasteiger partial charge in [0.25, 0.3) is 0 Å². The fourth-order valence-corrected chi connectivity index (χ4v) is 3.44. The van der Waals surface area contributed by atoms with Gasteiger partial charge < -0.3 is 10.1 Å². The average Bonchev–Trinajstić information content (AvgIpc) is 2.60. The molecule has 0 fully saturated rings. The SMILES string of the molecule is CC(C)Oc1ccccc1CNC(C)c1ccc(S(=O)(=O)N(C)C)cc1. The maximum Gasteiger partial charge on any atom is 0.242 e. The Morgan fingerprint density at radius 1 is 1.00 bits per heavy atom. The lowest BCUT2D eigenvalue weighted by Gasteiger charge is -2.18. The van der Waals surface area contributed by atoms with Crippen LogP contribution in [-0.2, 0) is 16.6 Å². The standard InChI is InChI=1S/C20H28N2O3S/c1-15(2)25-20-9-7-6-8-18(20)14-21-16(3)17-10-12-19(13-11-17)26(23,24)22(4)5/h6-13,15-16,21H,14H2,1-5H3. The van der Waals surface area contributed by atoms with Gasteiger partial charge in [0.1, 0.15) is 5.75 Å². The third-order valence-corrected chi connectivity index (χ3v) is 5.92. The Bertz CT molecular complexity index is 815. The predicted octanol–water partition coefficient (Wildman–Crippen LogP) is 3.57. The number of ether oxygens (including phenoxy) is 1. The van der Waals surface area contributed by atoms with Crippen LogP contribution in [0, 0.1) is 0 Å². The summed E-state index contributed by atoms with van der Waals surface area (Å²) in [6.45, 7) is 6.75. The van der Waals surface area contributed by atoms with Crippen molar-refractivity contribution in [1.29, 1.82) is 0 Å². The summed E-state index contributed by atoms with van der Waals surface area (Å²) in [5, 5.41) is 3.47. The van der Waals surface area contributed by atoms with E-state index in [-0.39, 0.29) is 12.1 Å². The van der Waals surface area contributed by atoms with Gasteiger partial charge in [-0.3, -0.25) is 0 Å². The van der Waals surface area contributed by atoms with Crippen molar-refractivity contribution < 1.29 is 13.2 Å². The van der Waals surface area contributed by atoms with Crippen molar-refractivity contribution in [3.8, 4) is 5.75 Å². The van der Waals surface area contributed by atoms with Crippen molar-refractivity contribution in [3.05, 3.63) is 59.7 Å². The molecule has 0 saturated heterocycles. The van der Waals surface area contributed by atoms with E-state index in [1.54, 1.807) is 12.1 Å². The molecule has 2 aromatic carbocycles. The average molecular weight is 377 g/mol. The molecule has 0 spiro atoms. The molecule has 0 heterocycles. The molecule has 142 valence electrons. The molecule has 0 aromatic heterocycles. The van der Waals surface area contributed by atoms with Gasteiger partial charge >= 0.3 is 0 Å². The van der Waals surface area contributed by atoms with E-state index in [9.17, 15) is 8.42 Å². The van der Waals surface area contributed by atoms with E-state index < -0.39 is 10.0 Å². The smallest absolute Gasteiger partial charge is 0.242 e. The summed E-state index contributed by atoms with van der Waals surface area (Å²) in [4.78, 5) is 0.300. The van der Waals surface area contributed by atoms with Crippen molar-refractivity contribution in [2.45, 2.75) is 44.4 Å². The van der Waals surface area contributed by atoms with Crippen LogP contribution in [0.3, 0.4) is 0 Å². The molecule has 2 aromatic rings. The zero-order chi connectivity index (χ0) is 19.3. The maximum atomic E-state index is 12.1. The van der Waals surface area contributed by atoms with E-state index >= 15 is 0 Å². The van der Waals surface area contributed by atoms with Crippen molar-refractivity contribution in [2.75, 3.05) is 14.1 Å². The monoisotopic (exact) mass is 376 g/mol. The topological polar surface area (TPSA) is 58.6 Å². The summed E-state index contributed by atoms with van der Waals surface area (Å²) in [6, 6.07) is 15.1. The number of benzene rings is 2. The molecule has 1 unspecified atom stereocenters. The van der Waals surface area contributed by atoms with Gasteiger partial charge in [0.2, 0.25) is 10.0 Å². The van der Waals surface area contributed by atoms with Crippen molar-refractivity contribution in [2.24, 2.45) is 0 Å². The quantitative estimate of drug-likeness (QED) is 0.765. The first-order valence-corrected chi connectivity index (χ1v) is 10.2. The third-order valence-electron chi connectivity index (χ3n) is 4.09. The molecule has 0 saturated carbocycles. The minimum absolute atomic E-state index is 0.0817. The first kappa shape index (κ1) is 20.4. The number of hydrogen-bond donors (Lipinski definition) is 1. The summed E-state index contributed by atoms with van der Waals surface area (Å²) >= 11 is 0. The first-order chi connectivity index (χ1) is 12.2. The molecular weight excluding hydrogens is 348 g/mol. The van der Waals surface area contributed by atoms with E-state index in [0.717, 1.165) is 16.9 Å². The van der Waals surface area contributed by atoms with Gasteiger partial charge in [0.05, 0.1) is 11.0 Å². The first-order valence-electron chi connectivity index (χ1n) is 8.72. The van der Waals surface area contributed by atoms with Crippen LogP contribution in [0.4, 0.5) is 0 Å². The molecule has 0 aliphatic rings. The summed E-state index contributed by atoms with van der Waals surface area (Å²) in [6.07, 6.45) is 0.125. The van der Waals surface area contributed by atoms with Crippen LogP contribution in [0.2, 0.25) is 0 Å². The van der Waals surface area contributed by atoms with Gasteiger partial charge in [-0.25, -0.2) is 12.7 Å². The van der Waals surface area contributed by atoms with Crippen LogP contribution in [0.25, 0.3) is 0 Å². The Morgan fingerprint density at radius 2 is 1.62 bits per heavy atom. The zero-order valence-electron chi connectivity index (χ0n) is 16.1. The van der Waals surface area contributed by atoms with E-state index in [4.69, 9.17) is 4.74 Å². The number of nitrogens with one attached hydrogen (secondary N) is 1. The van der Waals surface area contributed by atoms with Crippen LogP contribution in [0.1, 0.15) is 37.9 Å². The van der Waals surface area contributed by atoms with Crippen LogP contribution in [0.5, 0.6) is 5.75 Å². The summed E-state index contributed by atoms with van der Waals surface area (Å²) in [7, 11) is -0.332. The Labute approximate surface area is 157 Å². The van der Waals surface area contributed by atoms with E-state index in [1.165, 1.54) is 18.4 Å². The van der Waals surface area contributed by atoms with Gasteiger partial charge in [-0.05, 0) is 44.5 Å². The Hall–Kier alpha value is -1.89. The summed E-state index contributed by atoms with van der Waals surface area (Å²) in [5.74, 6) is 0.884. The largest absolute Gasteiger partial charge is 0.491 e. The van der Waals surface area contributed by atoms with E-state index in [0.29, 0.717) is 11.4 Å². The highest BCUT2D eigenvalue weighted by Crippen LogP contribution is 2.22. The van der Waals surface area contributed by atoms with Crippen molar-refractivity contribution in [3.63, 3.8) is 0 Å². The normalized spacial score (nSPS) is 13.2. The van der Waals surface area contributed by atoms with Crippen molar-refractivity contribution >= 4 is 10.0 Å². The van der Waals surface area contributed by atoms with Crippen LogP contribution in [-0.4, -0.2) is 32.9 Å². The van der Waals surface area contributed by atoms with Gasteiger partial charge in [-0.2, -0.15) is 0 Å². The highest BCUT2D eigenvalue weighted by Gasteiger charge is 2.17. The fraction of sp³-hybridized carbons (Fsp3) is 0.400. The molecular formula is C20H28N2O3S. The predicted molar refractivity (Wildman–Crippen MR) is 105 cm³/mol. The zero-order valence-corrected chi connectivity index (χ0v) is 16.9. The number of nitrogens with zero attached hydrogens (tertiary/aromatic N) is 1. The van der Waals surface area contributed by atoms with Gasteiger partial charge in [0, 0.05) is 32.2 Å². The molecule has 6 heteroatoms. The molecule has 1 atom stereocenters.